The number of hydrogen-bond acceptors (Lipinski definition) is 1. The van der Waals surface area contributed by atoms with Crippen LogP contribution in [-0.4, -0.2) is 5.11 Å². The van der Waals surface area contributed by atoms with Crippen molar-refractivity contribution >= 4 is 14.5 Å². The van der Waals surface area contributed by atoms with Crippen molar-refractivity contribution in [2.75, 3.05) is 0 Å². The van der Waals surface area contributed by atoms with Gasteiger partial charge >= 0.3 is 0 Å². The van der Waals surface area contributed by atoms with E-state index in [1.807, 2.05) is 9.24 Å². The first-order chi connectivity index (χ1) is 5.46. The lowest BCUT2D eigenvalue weighted by Crippen LogP contribution is -2.09. The van der Waals surface area contributed by atoms with Crippen LogP contribution in [0.5, 0.6) is 5.75 Å². The summed E-state index contributed by atoms with van der Waals surface area (Å²) in [5.41, 5.74) is 0.523. The molecule has 4 heteroatoms. The largest absolute Gasteiger partial charge is 0.505 e. The molecule has 0 aliphatic carbocycles. The molecule has 0 saturated heterocycles. The minimum atomic E-state index is -0.902. The minimum Gasteiger partial charge on any atom is -0.505 e. The molecule has 0 aliphatic heterocycles. The molecule has 0 fully saturated rings. The first-order valence-corrected chi connectivity index (χ1v) is 3.97. The molecule has 1 atom stereocenters. The lowest BCUT2D eigenvalue weighted by molar-refractivity contribution is 0.426. The topological polar surface area (TPSA) is 20.2 Å². The van der Waals surface area contributed by atoms with Crippen molar-refractivity contribution in [3.05, 3.63) is 22.8 Å². The van der Waals surface area contributed by atoms with Crippen molar-refractivity contribution in [1.29, 1.82) is 0 Å². The third kappa shape index (κ3) is 1.18. The summed E-state index contributed by atoms with van der Waals surface area (Å²) < 4.78 is 26.0. The number of hydrogen-bond donors (Lipinski definition) is 1. The summed E-state index contributed by atoms with van der Waals surface area (Å²) >= 11 is 0. The zero-order chi connectivity index (χ0) is 9.46. The van der Waals surface area contributed by atoms with E-state index in [-0.39, 0.29) is 16.4 Å². The van der Waals surface area contributed by atoms with Crippen molar-refractivity contribution in [2.45, 2.75) is 13.8 Å². The molecule has 0 aliphatic rings. The lowest BCUT2D eigenvalue weighted by Gasteiger charge is -2.08. The minimum absolute atomic E-state index is 0.212. The van der Waals surface area contributed by atoms with Crippen molar-refractivity contribution < 1.29 is 13.9 Å². The summed E-state index contributed by atoms with van der Waals surface area (Å²) in [5.74, 6) is -1.99. The van der Waals surface area contributed by atoms with Gasteiger partial charge in [-0.15, -0.1) is 0 Å². The van der Waals surface area contributed by atoms with Crippen LogP contribution in [0.2, 0.25) is 0 Å². The number of halogens is 2. The van der Waals surface area contributed by atoms with Crippen LogP contribution < -0.4 is 5.30 Å². The van der Waals surface area contributed by atoms with Gasteiger partial charge in [0.1, 0.15) is 5.82 Å². The first kappa shape index (κ1) is 9.40. The van der Waals surface area contributed by atoms with E-state index in [0.29, 0.717) is 0 Å². The molecule has 0 radical (unpaired) electrons. The Hall–Kier alpha value is -0.690. The Kier molecular flexibility index (Phi) is 2.34. The van der Waals surface area contributed by atoms with E-state index < -0.39 is 17.4 Å². The number of aromatic hydroxyl groups is 1. The van der Waals surface area contributed by atoms with E-state index in [0.717, 1.165) is 0 Å². The Bertz CT molecular complexity index is 231. The monoisotopic (exact) mass is 190 g/mol. The van der Waals surface area contributed by atoms with Crippen LogP contribution in [0.3, 0.4) is 0 Å². The molecule has 1 N–H and O–H groups in total. The predicted molar refractivity (Wildman–Crippen MR) is 46.8 cm³/mol. The van der Waals surface area contributed by atoms with Gasteiger partial charge in [-0.2, -0.15) is 0 Å². The van der Waals surface area contributed by atoms with Gasteiger partial charge in [0, 0.05) is 5.30 Å². The summed E-state index contributed by atoms with van der Waals surface area (Å²) in [5, 5.41) is 8.93. The van der Waals surface area contributed by atoms with Gasteiger partial charge in [-0.25, -0.2) is 8.78 Å². The molecule has 1 nitrogen and oxygen atoms in total. The molecule has 0 amide bonds. The summed E-state index contributed by atoms with van der Waals surface area (Å²) in [6, 6.07) is 0. The zero-order valence-electron chi connectivity index (χ0n) is 6.78. The fraction of sp³-hybridized carbons (Fsp3) is 0.250. The Morgan fingerprint density at radius 3 is 2.08 bits per heavy atom. The lowest BCUT2D eigenvalue weighted by atomic mass is 10.1. The van der Waals surface area contributed by atoms with E-state index in [2.05, 4.69) is 0 Å². The highest BCUT2D eigenvalue weighted by atomic mass is 31.0. The van der Waals surface area contributed by atoms with Crippen molar-refractivity contribution in [2.24, 2.45) is 0 Å². The number of phenols is 1. The molecular formula is C8H9F2OP. The summed E-state index contributed by atoms with van der Waals surface area (Å²) in [7, 11) is 1.93. The molecule has 0 saturated carbocycles. The molecule has 0 bridgehead atoms. The zero-order valence-corrected chi connectivity index (χ0v) is 7.94. The van der Waals surface area contributed by atoms with E-state index >= 15 is 0 Å². The van der Waals surface area contributed by atoms with Crippen molar-refractivity contribution in [1.82, 2.24) is 0 Å². The van der Waals surface area contributed by atoms with Crippen LogP contribution in [0, 0.1) is 25.5 Å². The molecule has 66 valence electrons. The standard InChI is InChI=1S/C8H9F2OP/c1-3-4(2)7(11)6(10)8(12)5(3)9/h11H,12H2,1-2H3. The van der Waals surface area contributed by atoms with Gasteiger partial charge in [0.15, 0.2) is 11.6 Å². The molecule has 1 rings (SSSR count). The van der Waals surface area contributed by atoms with Crippen LogP contribution in [-0.2, 0) is 0 Å². The molecule has 12 heavy (non-hydrogen) atoms. The average Bonchev–Trinajstić information content (AvgIpc) is 2.08. The third-order valence-corrected chi connectivity index (χ3v) is 2.43. The molecule has 0 aromatic heterocycles. The summed E-state index contributed by atoms with van der Waals surface area (Å²) in [6.07, 6.45) is 0. The maximum absolute atomic E-state index is 13.1. The second-order valence-corrected chi connectivity index (χ2v) is 3.22. The van der Waals surface area contributed by atoms with Crippen LogP contribution in [0.1, 0.15) is 11.1 Å². The van der Waals surface area contributed by atoms with E-state index in [1.54, 1.807) is 0 Å². The van der Waals surface area contributed by atoms with Gasteiger partial charge in [0.05, 0.1) is 0 Å². The number of rotatable bonds is 0. The van der Waals surface area contributed by atoms with Gasteiger partial charge in [-0.1, -0.05) is 9.24 Å². The maximum Gasteiger partial charge on any atom is 0.175 e. The fourth-order valence-corrected chi connectivity index (χ4v) is 1.29. The highest BCUT2D eigenvalue weighted by Gasteiger charge is 2.16. The van der Waals surface area contributed by atoms with E-state index in [1.165, 1.54) is 13.8 Å². The highest BCUT2D eigenvalue weighted by Crippen LogP contribution is 2.25. The molecule has 0 spiro atoms. The maximum atomic E-state index is 13.1. The van der Waals surface area contributed by atoms with Crippen molar-refractivity contribution in [3.8, 4) is 5.75 Å². The summed E-state index contributed by atoms with van der Waals surface area (Å²) in [6.45, 7) is 2.97. The fourth-order valence-electron chi connectivity index (χ4n) is 0.933. The van der Waals surface area contributed by atoms with Gasteiger partial charge in [-0.05, 0) is 25.0 Å². The second-order valence-electron chi connectivity index (χ2n) is 2.64. The SMILES string of the molecule is Cc1c(C)c(F)c(P)c(F)c1O. The smallest absolute Gasteiger partial charge is 0.175 e. The molecule has 1 aromatic rings. The van der Waals surface area contributed by atoms with Gasteiger partial charge in [0.2, 0.25) is 0 Å². The highest BCUT2D eigenvalue weighted by molar-refractivity contribution is 7.27. The van der Waals surface area contributed by atoms with Gasteiger partial charge in [0.25, 0.3) is 0 Å². The first-order valence-electron chi connectivity index (χ1n) is 3.39. The molecule has 1 unspecified atom stereocenters. The van der Waals surface area contributed by atoms with Crippen LogP contribution >= 0.6 is 9.24 Å². The van der Waals surface area contributed by atoms with Crippen molar-refractivity contribution in [3.63, 3.8) is 0 Å². The van der Waals surface area contributed by atoms with Crippen LogP contribution in [0.15, 0.2) is 0 Å². The van der Waals surface area contributed by atoms with Crippen LogP contribution in [0.4, 0.5) is 8.78 Å². The van der Waals surface area contributed by atoms with E-state index in [9.17, 15) is 8.78 Å². The summed E-state index contributed by atoms with van der Waals surface area (Å²) in [4.78, 5) is 0. The second kappa shape index (κ2) is 2.98. The normalized spacial score (nSPS) is 10.4. The number of benzene rings is 1. The Balaban J connectivity index is 3.60. The van der Waals surface area contributed by atoms with Gasteiger partial charge < -0.3 is 5.11 Å². The third-order valence-electron chi connectivity index (χ3n) is 1.93. The average molecular weight is 190 g/mol. The molecular weight excluding hydrogens is 181 g/mol. The Morgan fingerprint density at radius 1 is 1.08 bits per heavy atom. The van der Waals surface area contributed by atoms with E-state index in [4.69, 9.17) is 5.11 Å². The predicted octanol–water partition coefficient (Wildman–Crippen LogP) is 1.79. The molecule has 0 heterocycles. The number of phenolic OH excluding ortho intramolecular Hbond substituents is 1. The Morgan fingerprint density at radius 2 is 1.58 bits per heavy atom. The molecule has 1 aromatic carbocycles. The van der Waals surface area contributed by atoms with Crippen LogP contribution in [0.25, 0.3) is 0 Å². The van der Waals surface area contributed by atoms with Gasteiger partial charge in [-0.3, -0.25) is 0 Å². The quantitative estimate of drug-likeness (QED) is 0.618. The Labute approximate surface area is 71.6 Å².